The van der Waals surface area contributed by atoms with Crippen molar-refractivity contribution >= 4 is 29.2 Å². The zero-order valence-electron chi connectivity index (χ0n) is 14.4. The van der Waals surface area contributed by atoms with E-state index in [0.29, 0.717) is 23.3 Å². The van der Waals surface area contributed by atoms with E-state index in [0.717, 1.165) is 35.8 Å². The highest BCUT2D eigenvalue weighted by Gasteiger charge is 2.06. The average molecular weight is 381 g/mol. The molecule has 0 unspecified atom stereocenters. The highest BCUT2D eigenvalue weighted by molar-refractivity contribution is 6.30. The van der Waals surface area contributed by atoms with Crippen LogP contribution < -0.4 is 15.4 Å². The maximum Gasteiger partial charge on any atom is 0.191 e. The number of nitrogens with one attached hydrogen (secondary N) is 2. The summed E-state index contributed by atoms with van der Waals surface area (Å²) in [7, 11) is 1.74. The minimum Gasteiger partial charge on any atom is -0.493 e. The van der Waals surface area contributed by atoms with E-state index in [9.17, 15) is 0 Å². The summed E-state index contributed by atoms with van der Waals surface area (Å²) in [5.41, 5.74) is 2.14. The molecule has 1 aromatic heterocycles. The number of ether oxygens (including phenoxy) is 1. The minimum atomic E-state index is 0.502. The normalized spacial score (nSPS) is 11.3. The summed E-state index contributed by atoms with van der Waals surface area (Å²) in [5.74, 6) is 1.50. The number of hydrogen-bond acceptors (Lipinski definition) is 3. The van der Waals surface area contributed by atoms with Gasteiger partial charge >= 0.3 is 0 Å². The van der Waals surface area contributed by atoms with Crippen molar-refractivity contribution < 1.29 is 4.74 Å². The molecule has 0 aliphatic carbocycles. The topological polar surface area (TPSA) is 58.5 Å². The Balaban J connectivity index is 1.85. The lowest BCUT2D eigenvalue weighted by molar-refractivity contribution is 0.336. The number of pyridine rings is 1. The minimum absolute atomic E-state index is 0.502. The molecule has 1 aromatic carbocycles. The zero-order valence-corrected chi connectivity index (χ0v) is 15.9. The van der Waals surface area contributed by atoms with Crippen LogP contribution in [0, 0.1) is 0 Å². The molecule has 0 aliphatic rings. The van der Waals surface area contributed by atoms with Gasteiger partial charge in [0.15, 0.2) is 5.96 Å². The molecule has 0 bridgehead atoms. The van der Waals surface area contributed by atoms with Crippen LogP contribution in [-0.2, 0) is 13.0 Å². The first kappa shape index (κ1) is 19.3. The van der Waals surface area contributed by atoms with Crippen LogP contribution in [0.3, 0.4) is 0 Å². The van der Waals surface area contributed by atoms with Crippen LogP contribution >= 0.6 is 23.2 Å². The molecular formula is C18H22Cl2N4O. The predicted octanol–water partition coefficient (Wildman–Crippen LogP) is 3.69. The molecule has 0 saturated carbocycles. The van der Waals surface area contributed by atoms with E-state index in [1.54, 1.807) is 19.3 Å². The smallest absolute Gasteiger partial charge is 0.191 e. The van der Waals surface area contributed by atoms with E-state index >= 15 is 0 Å². The second kappa shape index (κ2) is 10.1. The Kier molecular flexibility index (Phi) is 7.82. The highest BCUT2D eigenvalue weighted by atomic mass is 35.5. The molecule has 0 amide bonds. The van der Waals surface area contributed by atoms with Crippen LogP contribution in [0.1, 0.15) is 18.1 Å². The van der Waals surface area contributed by atoms with Gasteiger partial charge in [0.05, 0.1) is 6.61 Å². The number of guanidine groups is 1. The largest absolute Gasteiger partial charge is 0.493 e. The second-order valence-electron chi connectivity index (χ2n) is 5.28. The van der Waals surface area contributed by atoms with E-state index in [1.165, 1.54) is 0 Å². The zero-order chi connectivity index (χ0) is 18.1. The molecule has 134 valence electrons. The molecule has 7 heteroatoms. The molecular weight excluding hydrogens is 359 g/mol. The average Bonchev–Trinajstić information content (AvgIpc) is 2.61. The van der Waals surface area contributed by atoms with E-state index in [-0.39, 0.29) is 0 Å². The van der Waals surface area contributed by atoms with Gasteiger partial charge in [-0.25, -0.2) is 4.98 Å². The number of aromatic nitrogens is 1. The fraction of sp³-hybridized carbons (Fsp3) is 0.333. The molecule has 0 radical (unpaired) electrons. The Hall–Kier alpha value is -1.98. The Morgan fingerprint density at radius 2 is 2.04 bits per heavy atom. The number of nitrogens with zero attached hydrogens (tertiary/aromatic N) is 2. The molecule has 1 heterocycles. The standard InChI is InChI=1S/C18H22Cl2N4O/c1-3-25-16-10-15(19)6-5-14(16)12-24-18(21-2)22-9-8-13-4-7-17(20)23-11-13/h4-7,10-11H,3,8-9,12H2,1-2H3,(H2,21,22,24). The maximum absolute atomic E-state index is 6.03. The van der Waals surface area contributed by atoms with E-state index in [1.807, 2.05) is 31.2 Å². The van der Waals surface area contributed by atoms with Crippen LogP contribution in [0.15, 0.2) is 41.5 Å². The maximum atomic E-state index is 6.03. The number of halogens is 2. The van der Waals surface area contributed by atoms with Crippen LogP contribution in [0.5, 0.6) is 5.75 Å². The van der Waals surface area contributed by atoms with Gasteiger partial charge in [0, 0.05) is 36.9 Å². The summed E-state index contributed by atoms with van der Waals surface area (Å²) in [6.45, 7) is 3.87. The van der Waals surface area contributed by atoms with E-state index in [4.69, 9.17) is 27.9 Å². The third-order valence-corrected chi connectivity index (χ3v) is 3.95. The van der Waals surface area contributed by atoms with Crippen molar-refractivity contribution in [1.82, 2.24) is 15.6 Å². The van der Waals surface area contributed by atoms with Crippen molar-refractivity contribution in [2.24, 2.45) is 4.99 Å². The molecule has 0 fully saturated rings. The van der Waals surface area contributed by atoms with Crippen LogP contribution in [0.2, 0.25) is 10.2 Å². The Labute approximate surface area is 158 Å². The number of hydrogen-bond donors (Lipinski definition) is 2. The van der Waals surface area contributed by atoms with Gasteiger partial charge < -0.3 is 15.4 Å². The lowest BCUT2D eigenvalue weighted by Crippen LogP contribution is -2.37. The van der Waals surface area contributed by atoms with Gasteiger partial charge in [-0.15, -0.1) is 0 Å². The van der Waals surface area contributed by atoms with Crippen molar-refractivity contribution in [1.29, 1.82) is 0 Å². The number of benzene rings is 1. The molecule has 0 spiro atoms. The summed E-state index contributed by atoms with van der Waals surface area (Å²) >= 11 is 11.8. The SMILES string of the molecule is CCOc1cc(Cl)ccc1CNC(=NC)NCCc1ccc(Cl)nc1. The molecule has 0 aliphatic heterocycles. The Morgan fingerprint density at radius 3 is 2.72 bits per heavy atom. The van der Waals surface area contributed by atoms with Crippen molar-refractivity contribution in [2.45, 2.75) is 19.9 Å². The summed E-state index contributed by atoms with van der Waals surface area (Å²) in [6.07, 6.45) is 2.61. The number of aliphatic imine (C=N–C) groups is 1. The van der Waals surface area contributed by atoms with Crippen LogP contribution in [-0.4, -0.2) is 31.1 Å². The third-order valence-electron chi connectivity index (χ3n) is 3.49. The van der Waals surface area contributed by atoms with Gasteiger partial charge in [0.25, 0.3) is 0 Å². The molecule has 0 saturated heterocycles. The van der Waals surface area contributed by atoms with Gasteiger partial charge in [-0.2, -0.15) is 0 Å². The van der Waals surface area contributed by atoms with Gasteiger partial charge in [-0.3, -0.25) is 4.99 Å². The fourth-order valence-corrected chi connectivity index (χ4v) is 2.52. The lowest BCUT2D eigenvalue weighted by atomic mass is 10.2. The Bertz CT molecular complexity index is 705. The fourth-order valence-electron chi connectivity index (χ4n) is 2.24. The first-order valence-corrected chi connectivity index (χ1v) is 8.84. The predicted molar refractivity (Wildman–Crippen MR) is 104 cm³/mol. The summed E-state index contributed by atoms with van der Waals surface area (Å²) in [4.78, 5) is 8.31. The van der Waals surface area contributed by atoms with Crippen LogP contribution in [0.25, 0.3) is 0 Å². The van der Waals surface area contributed by atoms with Crippen molar-refractivity contribution in [3.05, 3.63) is 57.8 Å². The first-order valence-electron chi connectivity index (χ1n) is 8.08. The van der Waals surface area contributed by atoms with Gasteiger partial charge in [-0.1, -0.05) is 35.3 Å². The molecule has 2 N–H and O–H groups in total. The Morgan fingerprint density at radius 1 is 1.20 bits per heavy atom. The van der Waals surface area contributed by atoms with Crippen LogP contribution in [0.4, 0.5) is 0 Å². The lowest BCUT2D eigenvalue weighted by Gasteiger charge is -2.14. The van der Waals surface area contributed by atoms with E-state index < -0.39 is 0 Å². The summed E-state index contributed by atoms with van der Waals surface area (Å²) in [6, 6.07) is 9.39. The van der Waals surface area contributed by atoms with Gasteiger partial charge in [-0.05, 0) is 37.1 Å². The quantitative estimate of drug-likeness (QED) is 0.436. The molecule has 5 nitrogen and oxygen atoms in total. The third kappa shape index (κ3) is 6.44. The first-order chi connectivity index (χ1) is 12.1. The summed E-state index contributed by atoms with van der Waals surface area (Å²) in [5, 5.41) is 7.72. The van der Waals surface area contributed by atoms with Crippen molar-refractivity contribution in [2.75, 3.05) is 20.2 Å². The molecule has 2 aromatic rings. The second-order valence-corrected chi connectivity index (χ2v) is 6.10. The molecule has 2 rings (SSSR count). The van der Waals surface area contributed by atoms with Gasteiger partial charge in [0.2, 0.25) is 0 Å². The van der Waals surface area contributed by atoms with Crippen molar-refractivity contribution in [3.8, 4) is 5.75 Å². The molecule has 0 atom stereocenters. The van der Waals surface area contributed by atoms with Crippen molar-refractivity contribution in [3.63, 3.8) is 0 Å². The highest BCUT2D eigenvalue weighted by Crippen LogP contribution is 2.23. The summed E-state index contributed by atoms with van der Waals surface area (Å²) < 4.78 is 5.63. The monoisotopic (exact) mass is 380 g/mol. The van der Waals surface area contributed by atoms with Gasteiger partial charge in [0.1, 0.15) is 10.9 Å². The number of rotatable bonds is 7. The molecule has 25 heavy (non-hydrogen) atoms. The van der Waals surface area contributed by atoms with E-state index in [2.05, 4.69) is 20.6 Å².